The van der Waals surface area contributed by atoms with Gasteiger partial charge in [0.25, 0.3) is 0 Å². The van der Waals surface area contributed by atoms with E-state index in [1.54, 1.807) is 0 Å². The van der Waals surface area contributed by atoms with Gasteiger partial charge in [-0.3, -0.25) is 14.4 Å². The van der Waals surface area contributed by atoms with Gasteiger partial charge in [0.15, 0.2) is 6.10 Å². The van der Waals surface area contributed by atoms with Gasteiger partial charge < -0.3 is 14.2 Å². The highest BCUT2D eigenvalue weighted by molar-refractivity contribution is 5.71. The van der Waals surface area contributed by atoms with Crippen LogP contribution in [0.2, 0.25) is 0 Å². The van der Waals surface area contributed by atoms with Gasteiger partial charge in [0.2, 0.25) is 0 Å². The molecule has 6 heteroatoms. The zero-order valence-electron chi connectivity index (χ0n) is 53.3. The number of esters is 3. The molecule has 0 fully saturated rings. The summed E-state index contributed by atoms with van der Waals surface area (Å²) in [5.74, 6) is -0.890. The van der Waals surface area contributed by atoms with E-state index in [0.717, 1.165) is 103 Å². The summed E-state index contributed by atoms with van der Waals surface area (Å²) in [4.78, 5) is 38.5. The fourth-order valence-corrected chi connectivity index (χ4v) is 10.2. The highest BCUT2D eigenvalue weighted by Crippen LogP contribution is 2.18. The Balaban J connectivity index is 4.34. The molecule has 0 N–H and O–H groups in total. The first kappa shape index (κ1) is 76.9. The van der Waals surface area contributed by atoms with Crippen molar-refractivity contribution in [2.45, 2.75) is 367 Å². The van der Waals surface area contributed by atoms with E-state index in [2.05, 4.69) is 93.7 Å². The number of unbranched alkanes of at least 4 members (excludes halogenated alkanes) is 41. The second-order valence-electron chi connectivity index (χ2n) is 23.4. The number of carbonyl (C=O) groups is 3. The maximum Gasteiger partial charge on any atom is 0.306 e. The van der Waals surface area contributed by atoms with Crippen LogP contribution in [0.5, 0.6) is 0 Å². The Morgan fingerprint density at radius 3 is 0.762 bits per heavy atom. The van der Waals surface area contributed by atoms with Gasteiger partial charge in [-0.1, -0.05) is 325 Å². The molecule has 1 unspecified atom stereocenters. The van der Waals surface area contributed by atoms with Crippen LogP contribution in [0.4, 0.5) is 0 Å². The largest absolute Gasteiger partial charge is 0.462 e. The molecular formula is C74H132O6. The molecule has 80 heavy (non-hydrogen) atoms. The Labute approximate surface area is 497 Å². The van der Waals surface area contributed by atoms with Crippen molar-refractivity contribution in [3.63, 3.8) is 0 Å². The maximum absolute atomic E-state index is 13.0. The lowest BCUT2D eigenvalue weighted by Gasteiger charge is -2.18. The Morgan fingerprint density at radius 2 is 0.487 bits per heavy atom. The van der Waals surface area contributed by atoms with E-state index in [1.807, 2.05) is 0 Å². The molecule has 0 aliphatic heterocycles. The number of hydrogen-bond acceptors (Lipinski definition) is 6. The first-order valence-corrected chi connectivity index (χ1v) is 34.9. The van der Waals surface area contributed by atoms with Crippen LogP contribution in [0.25, 0.3) is 0 Å². The summed E-state index contributed by atoms with van der Waals surface area (Å²) in [6, 6.07) is 0. The third-order valence-electron chi connectivity index (χ3n) is 15.4. The third kappa shape index (κ3) is 65.7. The maximum atomic E-state index is 13.0. The van der Waals surface area contributed by atoms with Crippen molar-refractivity contribution in [1.82, 2.24) is 0 Å². The lowest BCUT2D eigenvalue weighted by atomic mass is 10.0. The van der Waals surface area contributed by atoms with E-state index in [1.165, 1.54) is 218 Å². The Hall–Kier alpha value is -3.15. The summed E-state index contributed by atoms with van der Waals surface area (Å²) in [5, 5.41) is 0. The molecule has 464 valence electrons. The van der Waals surface area contributed by atoms with Crippen LogP contribution in [0.15, 0.2) is 72.9 Å². The molecule has 0 aromatic rings. The Bertz CT molecular complexity index is 1470. The molecule has 0 spiro atoms. The molecule has 6 nitrogen and oxygen atoms in total. The monoisotopic (exact) mass is 1120 g/mol. The highest BCUT2D eigenvalue weighted by atomic mass is 16.6. The molecule has 0 aliphatic rings. The summed E-state index contributed by atoms with van der Waals surface area (Å²) < 4.78 is 17.0. The van der Waals surface area contributed by atoms with Gasteiger partial charge in [-0.2, -0.15) is 0 Å². The summed E-state index contributed by atoms with van der Waals surface area (Å²) in [6.07, 6.45) is 89.2. The van der Waals surface area contributed by atoms with E-state index in [4.69, 9.17) is 14.2 Å². The van der Waals surface area contributed by atoms with Crippen molar-refractivity contribution in [3.05, 3.63) is 72.9 Å². The first-order chi connectivity index (χ1) is 39.5. The molecule has 0 saturated heterocycles. The van der Waals surface area contributed by atoms with E-state index in [9.17, 15) is 14.4 Å². The molecule has 0 aromatic carbocycles. The minimum atomic E-state index is -0.789. The summed E-state index contributed by atoms with van der Waals surface area (Å²) in [6.45, 7) is 6.55. The third-order valence-corrected chi connectivity index (χ3v) is 15.4. The molecule has 1 atom stereocenters. The quantitative estimate of drug-likeness (QED) is 0.0261. The van der Waals surface area contributed by atoms with Crippen LogP contribution in [0.3, 0.4) is 0 Å². The van der Waals surface area contributed by atoms with Crippen molar-refractivity contribution in [2.75, 3.05) is 13.2 Å². The molecule has 0 aliphatic carbocycles. The summed E-state index contributed by atoms with van der Waals surface area (Å²) >= 11 is 0. The molecule has 0 aromatic heterocycles. The van der Waals surface area contributed by atoms with Crippen LogP contribution in [-0.4, -0.2) is 37.2 Å². The second-order valence-corrected chi connectivity index (χ2v) is 23.4. The van der Waals surface area contributed by atoms with Crippen LogP contribution < -0.4 is 0 Å². The smallest absolute Gasteiger partial charge is 0.306 e. The van der Waals surface area contributed by atoms with Crippen molar-refractivity contribution < 1.29 is 28.6 Å². The van der Waals surface area contributed by atoms with Crippen molar-refractivity contribution in [1.29, 1.82) is 0 Å². The molecule has 0 amide bonds. The second kappa shape index (κ2) is 68.3. The Kier molecular flexibility index (Phi) is 65.7. The standard InChI is InChI=1S/C74H132O6/c1-4-7-10-13-16-19-22-25-28-31-33-35-36-37-39-40-43-46-49-52-55-58-61-64-67-73(76)79-70-71(69-78-72(75)66-63-60-57-54-51-48-45-42-30-27-24-21-18-15-12-9-6-3)80-74(77)68-65-62-59-56-53-50-47-44-41-38-34-32-29-26-23-20-17-14-11-8-5-2/h9,12,18,21,23,26-27,30,32,34,45,48,71H,4-8,10-11,13-17,19-20,22,24-25,28-29,31,33,35-44,46-47,49-70H2,1-3H3/b12-9-,21-18-,26-23-,30-27-,34-32-,48-45-. The number of allylic oxidation sites excluding steroid dienone is 12. The Morgan fingerprint density at radius 1 is 0.263 bits per heavy atom. The zero-order valence-corrected chi connectivity index (χ0v) is 53.3. The lowest BCUT2D eigenvalue weighted by Crippen LogP contribution is -2.30. The van der Waals surface area contributed by atoms with E-state index < -0.39 is 6.10 Å². The van der Waals surface area contributed by atoms with Crippen molar-refractivity contribution in [3.8, 4) is 0 Å². The minimum Gasteiger partial charge on any atom is -0.462 e. The number of hydrogen-bond donors (Lipinski definition) is 0. The molecule has 0 radical (unpaired) electrons. The minimum absolute atomic E-state index is 0.0819. The average molecular weight is 1120 g/mol. The molecule has 0 saturated carbocycles. The summed E-state index contributed by atoms with van der Waals surface area (Å²) in [5.41, 5.74) is 0. The van der Waals surface area contributed by atoms with Gasteiger partial charge in [-0.25, -0.2) is 0 Å². The van der Waals surface area contributed by atoms with Crippen molar-refractivity contribution >= 4 is 17.9 Å². The molecule has 0 rings (SSSR count). The van der Waals surface area contributed by atoms with Gasteiger partial charge in [-0.15, -0.1) is 0 Å². The normalized spacial score (nSPS) is 12.5. The topological polar surface area (TPSA) is 78.9 Å². The molecule has 0 heterocycles. The van der Waals surface area contributed by atoms with Gasteiger partial charge in [-0.05, 0) is 89.9 Å². The van der Waals surface area contributed by atoms with Crippen LogP contribution in [0, 0.1) is 0 Å². The predicted octanol–water partition coefficient (Wildman–Crippen LogP) is 24.1. The first-order valence-electron chi connectivity index (χ1n) is 34.9. The van der Waals surface area contributed by atoms with Crippen LogP contribution >= 0.6 is 0 Å². The fraction of sp³-hybridized carbons (Fsp3) is 0.797. The zero-order chi connectivity index (χ0) is 57.8. The highest BCUT2D eigenvalue weighted by Gasteiger charge is 2.19. The van der Waals surface area contributed by atoms with E-state index in [-0.39, 0.29) is 31.1 Å². The van der Waals surface area contributed by atoms with Gasteiger partial charge in [0, 0.05) is 19.3 Å². The van der Waals surface area contributed by atoms with Gasteiger partial charge in [0.1, 0.15) is 13.2 Å². The SMILES string of the molecule is CC/C=C\C/C=C\C/C=C\C/C=C\CCCCCCC(=O)OCC(COC(=O)CCCCCCCCCCCCCCCCCCCCCCCCCC)OC(=O)CCCCCCCCCCC/C=C\C/C=C\CCCCCCC. The van der Waals surface area contributed by atoms with Gasteiger partial charge >= 0.3 is 17.9 Å². The number of rotatable bonds is 64. The number of ether oxygens (including phenoxy) is 3. The van der Waals surface area contributed by atoms with Crippen molar-refractivity contribution in [2.24, 2.45) is 0 Å². The van der Waals surface area contributed by atoms with Gasteiger partial charge in [0.05, 0.1) is 0 Å². The summed E-state index contributed by atoms with van der Waals surface area (Å²) in [7, 11) is 0. The number of carbonyl (C=O) groups excluding carboxylic acids is 3. The fourth-order valence-electron chi connectivity index (χ4n) is 10.2. The average Bonchev–Trinajstić information content (AvgIpc) is 3.46. The lowest BCUT2D eigenvalue weighted by molar-refractivity contribution is -0.167. The van der Waals surface area contributed by atoms with E-state index in [0.29, 0.717) is 19.3 Å². The van der Waals surface area contributed by atoms with Crippen LogP contribution in [-0.2, 0) is 28.6 Å². The molecule has 0 bridgehead atoms. The van der Waals surface area contributed by atoms with E-state index >= 15 is 0 Å². The van der Waals surface area contributed by atoms with Crippen LogP contribution in [0.1, 0.15) is 361 Å². The molecular weight excluding hydrogens is 985 g/mol. The predicted molar refractivity (Wildman–Crippen MR) is 348 cm³/mol.